The smallest absolute Gasteiger partial charge is 0.358 e. The lowest BCUT2D eigenvalue weighted by Crippen LogP contribution is -2.09. The highest BCUT2D eigenvalue weighted by molar-refractivity contribution is 7.13. The molecule has 2 heterocycles. The van der Waals surface area contributed by atoms with Gasteiger partial charge in [0.2, 0.25) is 0 Å². The van der Waals surface area contributed by atoms with E-state index in [1.165, 1.54) is 11.3 Å². The predicted molar refractivity (Wildman–Crippen MR) is 76.5 cm³/mol. The average Bonchev–Trinajstić information content (AvgIpc) is 3.05. The van der Waals surface area contributed by atoms with Crippen LogP contribution in [0.25, 0.3) is 10.7 Å². The number of imidazole rings is 1. The van der Waals surface area contributed by atoms with Crippen LogP contribution in [0.4, 0.5) is 4.48 Å². The molecular formula is C14H15FN2O2S. The second-order valence-electron chi connectivity index (χ2n) is 4.04. The molecule has 4 nitrogen and oxygen atoms in total. The zero-order valence-electron chi connectivity index (χ0n) is 11.1. The highest BCUT2D eigenvalue weighted by Gasteiger charge is 2.24. The molecule has 0 bridgehead atoms. The Kier molecular flexibility index (Phi) is 4.68. The van der Waals surface area contributed by atoms with E-state index in [1.807, 2.05) is 11.4 Å². The van der Waals surface area contributed by atoms with Crippen LogP contribution < -0.4 is 0 Å². The Balaban J connectivity index is 2.45. The summed E-state index contributed by atoms with van der Waals surface area (Å²) in [6.45, 7) is 5.54. The zero-order chi connectivity index (χ0) is 14.5. The molecule has 2 aromatic rings. The third-order valence-corrected chi connectivity index (χ3v) is 3.58. The first kappa shape index (κ1) is 14.5. The number of esters is 1. The molecule has 0 saturated heterocycles. The summed E-state index contributed by atoms with van der Waals surface area (Å²) in [6.07, 6.45) is 2.59. The van der Waals surface area contributed by atoms with Gasteiger partial charge in [0, 0.05) is 0 Å². The van der Waals surface area contributed by atoms with Crippen molar-refractivity contribution in [3.05, 3.63) is 41.6 Å². The Labute approximate surface area is 120 Å². The molecule has 0 saturated carbocycles. The topological polar surface area (TPSA) is 44.1 Å². The van der Waals surface area contributed by atoms with Gasteiger partial charge in [-0.2, -0.15) is 4.79 Å². The Morgan fingerprint density at radius 3 is 3.05 bits per heavy atom. The monoisotopic (exact) mass is 294 g/mol. The molecule has 0 aromatic carbocycles. The molecular weight excluding hydrogens is 279 g/mol. The highest BCUT2D eigenvalue weighted by Crippen LogP contribution is 2.27. The SMILES string of the molecule is C=CCCc1c(C(=O)OCC)nc(-c2cccs2)n1F. The fraction of sp³-hybridized carbons (Fsp3) is 0.286. The largest absolute Gasteiger partial charge is 0.461 e. The Hall–Kier alpha value is -1.95. The minimum Gasteiger partial charge on any atom is -0.461 e. The minimum absolute atomic E-state index is 0.0413. The molecule has 2 aromatic heterocycles. The van der Waals surface area contributed by atoms with Crippen LogP contribution in [0.15, 0.2) is 30.2 Å². The molecule has 0 spiro atoms. The summed E-state index contributed by atoms with van der Waals surface area (Å²) in [5.74, 6) is -0.456. The second-order valence-corrected chi connectivity index (χ2v) is 4.98. The Morgan fingerprint density at radius 2 is 2.45 bits per heavy atom. The number of carbonyl (C=O) groups is 1. The van der Waals surface area contributed by atoms with E-state index in [9.17, 15) is 9.28 Å². The molecule has 0 unspecified atom stereocenters. The normalized spacial score (nSPS) is 10.5. The minimum atomic E-state index is -0.597. The van der Waals surface area contributed by atoms with Crippen LogP contribution in [-0.2, 0) is 11.2 Å². The molecule has 0 aliphatic rings. The fourth-order valence-electron chi connectivity index (χ4n) is 1.81. The molecule has 106 valence electrons. The maximum atomic E-state index is 14.4. The Morgan fingerprint density at radius 1 is 1.65 bits per heavy atom. The number of aromatic nitrogens is 2. The number of hydrogen-bond acceptors (Lipinski definition) is 4. The van der Waals surface area contributed by atoms with Crippen molar-refractivity contribution in [1.29, 1.82) is 0 Å². The maximum absolute atomic E-state index is 14.4. The van der Waals surface area contributed by atoms with Crippen molar-refractivity contribution in [3.8, 4) is 10.7 Å². The van der Waals surface area contributed by atoms with E-state index in [4.69, 9.17) is 4.74 Å². The van der Waals surface area contributed by atoms with Gasteiger partial charge < -0.3 is 4.74 Å². The van der Waals surface area contributed by atoms with Crippen LogP contribution in [0.1, 0.15) is 29.5 Å². The second kappa shape index (κ2) is 6.47. The number of thiophene rings is 1. The lowest BCUT2D eigenvalue weighted by Gasteiger charge is -2.02. The van der Waals surface area contributed by atoms with E-state index in [0.29, 0.717) is 22.5 Å². The van der Waals surface area contributed by atoms with E-state index in [-0.39, 0.29) is 23.8 Å². The van der Waals surface area contributed by atoms with Gasteiger partial charge in [0.15, 0.2) is 11.5 Å². The predicted octanol–water partition coefficient (Wildman–Crippen LogP) is 3.64. The molecule has 0 aliphatic carbocycles. The number of ether oxygens (including phenoxy) is 1. The van der Waals surface area contributed by atoms with Crippen LogP contribution >= 0.6 is 11.3 Å². The molecule has 6 heteroatoms. The van der Waals surface area contributed by atoms with Gasteiger partial charge >= 0.3 is 5.97 Å². The van der Waals surface area contributed by atoms with E-state index in [2.05, 4.69) is 11.6 Å². The van der Waals surface area contributed by atoms with Crippen molar-refractivity contribution in [1.82, 2.24) is 9.77 Å². The van der Waals surface area contributed by atoms with Gasteiger partial charge in [0.05, 0.1) is 17.2 Å². The maximum Gasteiger partial charge on any atom is 0.358 e. The third-order valence-electron chi connectivity index (χ3n) is 2.71. The van der Waals surface area contributed by atoms with Crippen molar-refractivity contribution in [3.63, 3.8) is 0 Å². The summed E-state index contributed by atoms with van der Waals surface area (Å²) < 4.78 is 19.3. The molecule has 2 rings (SSSR count). The first-order chi connectivity index (χ1) is 9.69. The van der Waals surface area contributed by atoms with Crippen molar-refractivity contribution in [2.45, 2.75) is 19.8 Å². The summed E-state index contributed by atoms with van der Waals surface area (Å²) in [4.78, 5) is 17.1. The first-order valence-electron chi connectivity index (χ1n) is 6.28. The van der Waals surface area contributed by atoms with Crippen molar-refractivity contribution in [2.24, 2.45) is 0 Å². The molecule has 0 amide bonds. The zero-order valence-corrected chi connectivity index (χ0v) is 12.0. The number of allylic oxidation sites excluding steroid dienone is 1. The lowest BCUT2D eigenvalue weighted by atomic mass is 10.2. The van der Waals surface area contributed by atoms with Crippen LogP contribution in [0.3, 0.4) is 0 Å². The quantitative estimate of drug-likeness (QED) is 0.603. The van der Waals surface area contributed by atoms with E-state index < -0.39 is 5.97 Å². The summed E-state index contributed by atoms with van der Waals surface area (Å²) >= 11 is 1.37. The van der Waals surface area contributed by atoms with Gasteiger partial charge in [0.1, 0.15) is 0 Å². The summed E-state index contributed by atoms with van der Waals surface area (Å²) in [5, 5.41) is 1.83. The molecule has 0 aliphatic heterocycles. The van der Waals surface area contributed by atoms with E-state index in [1.54, 1.807) is 19.1 Å². The van der Waals surface area contributed by atoms with Crippen LogP contribution in [-0.4, -0.2) is 22.3 Å². The number of halogens is 1. The van der Waals surface area contributed by atoms with Crippen molar-refractivity contribution >= 4 is 17.3 Å². The summed E-state index contributed by atoms with van der Waals surface area (Å²) in [7, 11) is 0. The standard InChI is InChI=1S/C14H15FN2O2S/c1-3-5-7-10-12(14(18)19-4-2)16-13(17(10)15)11-8-6-9-20-11/h3,6,8-9H,1,4-5,7H2,2H3. The van der Waals surface area contributed by atoms with Gasteiger partial charge in [-0.15, -0.1) is 17.9 Å². The van der Waals surface area contributed by atoms with Gasteiger partial charge in [-0.1, -0.05) is 16.6 Å². The molecule has 0 radical (unpaired) electrons. The molecule has 0 fully saturated rings. The molecule has 0 atom stereocenters. The molecule has 20 heavy (non-hydrogen) atoms. The van der Waals surface area contributed by atoms with Crippen LogP contribution in [0.2, 0.25) is 0 Å². The number of rotatable bonds is 6. The highest BCUT2D eigenvalue weighted by atomic mass is 32.1. The number of nitrogens with zero attached hydrogens (tertiary/aromatic N) is 2. The van der Waals surface area contributed by atoms with Gasteiger partial charge in [-0.05, 0) is 31.2 Å². The third kappa shape index (κ3) is 2.80. The number of hydrogen-bond donors (Lipinski definition) is 0. The van der Waals surface area contributed by atoms with Crippen LogP contribution in [0, 0.1) is 0 Å². The van der Waals surface area contributed by atoms with Gasteiger partial charge in [-0.25, -0.2) is 9.78 Å². The molecule has 0 N–H and O–H groups in total. The van der Waals surface area contributed by atoms with Crippen molar-refractivity contribution < 1.29 is 14.0 Å². The van der Waals surface area contributed by atoms with Gasteiger partial charge in [0.25, 0.3) is 0 Å². The van der Waals surface area contributed by atoms with E-state index >= 15 is 0 Å². The van der Waals surface area contributed by atoms with Crippen LogP contribution in [0.5, 0.6) is 0 Å². The number of carbonyl (C=O) groups excluding carboxylic acids is 1. The first-order valence-corrected chi connectivity index (χ1v) is 7.16. The fourth-order valence-corrected chi connectivity index (χ4v) is 2.50. The summed E-state index contributed by atoms with van der Waals surface area (Å²) in [6, 6.07) is 3.57. The lowest BCUT2D eigenvalue weighted by molar-refractivity contribution is 0.0518. The van der Waals surface area contributed by atoms with E-state index in [0.717, 1.165) is 0 Å². The van der Waals surface area contributed by atoms with Gasteiger partial charge in [-0.3, -0.25) is 0 Å². The van der Waals surface area contributed by atoms with Crippen molar-refractivity contribution in [2.75, 3.05) is 6.61 Å². The average molecular weight is 294 g/mol. The Bertz CT molecular complexity index is 605. The summed E-state index contributed by atoms with van der Waals surface area (Å²) in [5.41, 5.74) is 0.270.